The first-order chi connectivity index (χ1) is 19.0. The molecular weight excluding hydrogens is 532 g/mol. The Kier molecular flexibility index (Phi) is 11.6. The van der Waals surface area contributed by atoms with E-state index < -0.39 is 23.6 Å². The fraction of sp³-hybridized carbons (Fsp3) is 0.586. The number of aliphatic hydroxyl groups is 1. The topological polar surface area (TPSA) is 130 Å². The maximum atomic E-state index is 13.7. The van der Waals surface area contributed by atoms with E-state index in [-0.39, 0.29) is 50.3 Å². The number of β-amino-alcohol motifs (C(OH)–C–C–N with tert-alkyl or cyclic N) is 1. The minimum absolute atomic E-state index is 0.0306. The van der Waals surface area contributed by atoms with Crippen LogP contribution < -0.4 is 10.6 Å². The summed E-state index contributed by atoms with van der Waals surface area (Å²) in [6, 6.07) is 6.20. The Morgan fingerprint density at radius 3 is 2.48 bits per heavy atom. The van der Waals surface area contributed by atoms with Gasteiger partial charge in [-0.15, -0.1) is 11.3 Å². The number of carbonyl (C=O) groups is 3. The molecule has 3 atom stereocenters. The number of hydrogen-bond acceptors (Lipinski definition) is 8. The highest BCUT2D eigenvalue weighted by Gasteiger charge is 2.44. The summed E-state index contributed by atoms with van der Waals surface area (Å²) in [4.78, 5) is 46.3. The molecule has 11 heteroatoms. The quantitative estimate of drug-likeness (QED) is 0.314. The van der Waals surface area contributed by atoms with Gasteiger partial charge in [0.15, 0.2) is 0 Å². The standard InChI is InChI=1S/C29H42N4O6S/c1-6-38-13-14-39-12-11-24(35)32-26(29(3,4)5)28(37)33-17-22(34)15-23(33)27(36)30-16-20-7-9-21(10-8-20)25-19(2)31-18-40-25/h7-10,18,22-23,26,34H,6,11-17H2,1-5H3,(H,30,36)(H,32,35)/t22-,23+,26-/m1/s1. The summed E-state index contributed by atoms with van der Waals surface area (Å²) < 4.78 is 10.6. The molecule has 1 aliphatic rings. The van der Waals surface area contributed by atoms with Gasteiger partial charge < -0.3 is 30.1 Å². The molecular formula is C29H42N4O6S. The zero-order valence-corrected chi connectivity index (χ0v) is 24.9. The molecule has 1 saturated heterocycles. The predicted molar refractivity (Wildman–Crippen MR) is 154 cm³/mol. The SMILES string of the molecule is CCOCCOCCC(=O)N[C@H](C(=O)N1C[C@H](O)C[C@H]1C(=O)NCc1ccc(-c2scnc2C)cc1)C(C)(C)C. The van der Waals surface area contributed by atoms with Crippen LogP contribution >= 0.6 is 11.3 Å². The van der Waals surface area contributed by atoms with Crippen LogP contribution in [0.2, 0.25) is 0 Å². The molecule has 220 valence electrons. The van der Waals surface area contributed by atoms with E-state index in [9.17, 15) is 19.5 Å². The maximum absolute atomic E-state index is 13.7. The van der Waals surface area contributed by atoms with Crippen LogP contribution in [0.4, 0.5) is 0 Å². The number of ether oxygens (including phenoxy) is 2. The number of thiazole rings is 1. The molecule has 0 aliphatic carbocycles. The van der Waals surface area contributed by atoms with E-state index in [2.05, 4.69) is 15.6 Å². The summed E-state index contributed by atoms with van der Waals surface area (Å²) in [7, 11) is 0. The molecule has 0 spiro atoms. The molecule has 3 rings (SSSR count). The second-order valence-electron chi connectivity index (χ2n) is 11.0. The molecule has 0 radical (unpaired) electrons. The zero-order valence-electron chi connectivity index (χ0n) is 24.1. The van der Waals surface area contributed by atoms with Crippen molar-refractivity contribution in [1.82, 2.24) is 20.5 Å². The molecule has 2 heterocycles. The van der Waals surface area contributed by atoms with Gasteiger partial charge in [0, 0.05) is 32.5 Å². The fourth-order valence-electron chi connectivity index (χ4n) is 4.54. The second kappa shape index (κ2) is 14.7. The van der Waals surface area contributed by atoms with Gasteiger partial charge in [-0.3, -0.25) is 14.4 Å². The van der Waals surface area contributed by atoms with Crippen LogP contribution in [0.25, 0.3) is 10.4 Å². The summed E-state index contributed by atoms with van der Waals surface area (Å²) in [5.74, 6) is -1.05. The smallest absolute Gasteiger partial charge is 0.246 e. The molecule has 1 fully saturated rings. The number of aliphatic hydroxyl groups excluding tert-OH is 1. The molecule has 0 bridgehead atoms. The van der Waals surface area contributed by atoms with Crippen molar-refractivity contribution in [2.45, 2.75) is 72.2 Å². The number of amides is 3. The minimum Gasteiger partial charge on any atom is -0.391 e. The number of aryl methyl sites for hydroxylation is 1. The molecule has 0 saturated carbocycles. The van der Waals surface area contributed by atoms with Gasteiger partial charge in [0.05, 0.1) is 42.0 Å². The van der Waals surface area contributed by atoms with Gasteiger partial charge in [0.1, 0.15) is 12.1 Å². The monoisotopic (exact) mass is 574 g/mol. The van der Waals surface area contributed by atoms with Crippen LogP contribution in [-0.2, 0) is 30.4 Å². The van der Waals surface area contributed by atoms with Crippen LogP contribution in [0.1, 0.15) is 51.8 Å². The number of benzene rings is 1. The van der Waals surface area contributed by atoms with Crippen LogP contribution in [0.3, 0.4) is 0 Å². The van der Waals surface area contributed by atoms with Crippen LogP contribution in [-0.4, -0.2) is 83.9 Å². The lowest BCUT2D eigenvalue weighted by molar-refractivity contribution is -0.144. The summed E-state index contributed by atoms with van der Waals surface area (Å²) in [6.07, 6.45) is -0.587. The molecule has 0 unspecified atom stereocenters. The van der Waals surface area contributed by atoms with Crippen molar-refractivity contribution in [3.05, 3.63) is 41.0 Å². The summed E-state index contributed by atoms with van der Waals surface area (Å²) in [5, 5.41) is 16.1. The van der Waals surface area contributed by atoms with E-state index >= 15 is 0 Å². The number of nitrogens with one attached hydrogen (secondary N) is 2. The van der Waals surface area contributed by atoms with Crippen LogP contribution in [0.15, 0.2) is 29.8 Å². The molecule has 1 aromatic heterocycles. The van der Waals surface area contributed by atoms with E-state index in [1.165, 1.54) is 4.90 Å². The maximum Gasteiger partial charge on any atom is 0.246 e. The average molecular weight is 575 g/mol. The summed E-state index contributed by atoms with van der Waals surface area (Å²) in [5.41, 5.74) is 4.16. The van der Waals surface area contributed by atoms with Crippen molar-refractivity contribution < 1.29 is 29.0 Å². The zero-order chi connectivity index (χ0) is 29.3. The predicted octanol–water partition coefficient (Wildman–Crippen LogP) is 2.67. The largest absolute Gasteiger partial charge is 0.391 e. The highest BCUT2D eigenvalue weighted by molar-refractivity contribution is 7.13. The molecule has 1 aliphatic heterocycles. The number of carbonyl (C=O) groups excluding carboxylic acids is 3. The lowest BCUT2D eigenvalue weighted by Gasteiger charge is -2.35. The van der Waals surface area contributed by atoms with Gasteiger partial charge >= 0.3 is 0 Å². The van der Waals surface area contributed by atoms with Crippen LogP contribution in [0, 0.1) is 12.3 Å². The number of aromatic nitrogens is 1. The van der Waals surface area contributed by atoms with Crippen molar-refractivity contribution in [3.8, 4) is 10.4 Å². The Labute approximate surface area is 240 Å². The van der Waals surface area contributed by atoms with E-state index in [1.807, 2.05) is 64.4 Å². The van der Waals surface area contributed by atoms with Crippen molar-refractivity contribution in [1.29, 1.82) is 0 Å². The highest BCUT2D eigenvalue weighted by Crippen LogP contribution is 2.28. The van der Waals surface area contributed by atoms with Gasteiger partial charge in [-0.2, -0.15) is 0 Å². The Hall–Kier alpha value is -2.86. The van der Waals surface area contributed by atoms with Crippen molar-refractivity contribution in [2.24, 2.45) is 5.41 Å². The first-order valence-corrected chi connectivity index (χ1v) is 14.6. The van der Waals surface area contributed by atoms with E-state index in [0.717, 1.165) is 21.7 Å². The Bertz CT molecular complexity index is 1130. The van der Waals surface area contributed by atoms with Gasteiger partial charge in [-0.25, -0.2) is 4.98 Å². The third-order valence-corrected chi connectivity index (χ3v) is 7.74. The second-order valence-corrected chi connectivity index (χ2v) is 11.9. The number of hydrogen-bond donors (Lipinski definition) is 3. The third-order valence-electron chi connectivity index (χ3n) is 6.76. The fourth-order valence-corrected chi connectivity index (χ4v) is 5.35. The number of rotatable bonds is 13. The lowest BCUT2D eigenvalue weighted by atomic mass is 9.85. The molecule has 40 heavy (non-hydrogen) atoms. The average Bonchev–Trinajstić information content (AvgIpc) is 3.52. The lowest BCUT2D eigenvalue weighted by Crippen LogP contribution is -2.57. The van der Waals surface area contributed by atoms with Crippen molar-refractivity contribution in [2.75, 3.05) is 33.0 Å². The molecule has 1 aromatic carbocycles. The Morgan fingerprint density at radius 2 is 1.85 bits per heavy atom. The van der Waals surface area contributed by atoms with Gasteiger partial charge in [0.2, 0.25) is 17.7 Å². The Balaban J connectivity index is 1.59. The van der Waals surface area contributed by atoms with Crippen LogP contribution in [0.5, 0.6) is 0 Å². The van der Waals surface area contributed by atoms with E-state index in [0.29, 0.717) is 19.8 Å². The normalized spacial score (nSPS) is 18.0. The summed E-state index contributed by atoms with van der Waals surface area (Å²) >= 11 is 1.58. The number of nitrogens with zero attached hydrogens (tertiary/aromatic N) is 2. The molecule has 10 nitrogen and oxygen atoms in total. The minimum atomic E-state index is -0.869. The van der Waals surface area contributed by atoms with Gasteiger partial charge in [0.25, 0.3) is 0 Å². The first kappa shape index (κ1) is 31.7. The highest BCUT2D eigenvalue weighted by atomic mass is 32.1. The van der Waals surface area contributed by atoms with E-state index in [1.54, 1.807) is 11.3 Å². The van der Waals surface area contributed by atoms with E-state index in [4.69, 9.17) is 9.47 Å². The van der Waals surface area contributed by atoms with Crippen molar-refractivity contribution in [3.63, 3.8) is 0 Å². The first-order valence-electron chi connectivity index (χ1n) is 13.7. The molecule has 2 aromatic rings. The van der Waals surface area contributed by atoms with Gasteiger partial charge in [-0.1, -0.05) is 45.0 Å². The van der Waals surface area contributed by atoms with Crippen molar-refractivity contribution >= 4 is 29.1 Å². The summed E-state index contributed by atoms with van der Waals surface area (Å²) in [6.45, 7) is 11.4. The molecule has 3 amide bonds. The molecule has 3 N–H and O–H groups in total. The Morgan fingerprint density at radius 1 is 1.15 bits per heavy atom. The van der Waals surface area contributed by atoms with Gasteiger partial charge in [-0.05, 0) is 30.4 Å². The number of likely N-dealkylation sites (tertiary alicyclic amines) is 1. The third kappa shape index (κ3) is 8.82.